The van der Waals surface area contributed by atoms with E-state index in [9.17, 15) is 10.2 Å². The molecule has 8 nitrogen and oxygen atoms in total. The number of nitrogens with zero attached hydrogens (tertiary/aromatic N) is 6. The zero-order chi connectivity index (χ0) is 23.8. The topological polar surface area (TPSA) is 80.9 Å². The summed E-state index contributed by atoms with van der Waals surface area (Å²) in [5.41, 5.74) is 2.27. The molecule has 0 radical (unpaired) electrons. The van der Waals surface area contributed by atoms with E-state index in [1.165, 1.54) is 24.8 Å². The molecule has 5 rings (SSSR count). The van der Waals surface area contributed by atoms with Crippen molar-refractivity contribution in [3.05, 3.63) is 47.8 Å². The van der Waals surface area contributed by atoms with E-state index in [1.54, 1.807) is 4.68 Å². The summed E-state index contributed by atoms with van der Waals surface area (Å²) in [6, 6.07) is 10.9. The third-order valence-corrected chi connectivity index (χ3v) is 8.85. The zero-order valence-electron chi connectivity index (χ0n) is 20.7. The lowest BCUT2D eigenvalue weighted by Gasteiger charge is -2.52. The SMILES string of the molecule is CN(C)[C@]1(c2ccccc2)CC[C@]2(CC1)CN(Cc1cn(CCO)nn1)C(O)N2CC1CCC1. The number of aliphatic hydroxyl groups is 2. The van der Waals surface area contributed by atoms with Gasteiger partial charge in [-0.3, -0.25) is 14.7 Å². The van der Waals surface area contributed by atoms with E-state index in [0.717, 1.165) is 44.5 Å². The minimum Gasteiger partial charge on any atom is -0.394 e. The van der Waals surface area contributed by atoms with Crippen molar-refractivity contribution >= 4 is 0 Å². The van der Waals surface area contributed by atoms with Crippen molar-refractivity contribution in [1.82, 2.24) is 29.7 Å². The van der Waals surface area contributed by atoms with Crippen molar-refractivity contribution in [3.63, 3.8) is 0 Å². The van der Waals surface area contributed by atoms with Crippen molar-refractivity contribution < 1.29 is 10.2 Å². The van der Waals surface area contributed by atoms with Gasteiger partial charge in [0.15, 0.2) is 6.35 Å². The Balaban J connectivity index is 1.37. The van der Waals surface area contributed by atoms with Gasteiger partial charge in [0.1, 0.15) is 0 Å². The van der Waals surface area contributed by atoms with Gasteiger partial charge in [0.05, 0.1) is 18.8 Å². The Kier molecular flexibility index (Phi) is 6.79. The third kappa shape index (κ3) is 4.31. The predicted octanol–water partition coefficient (Wildman–Crippen LogP) is 2.23. The van der Waals surface area contributed by atoms with Gasteiger partial charge in [-0.2, -0.15) is 0 Å². The van der Waals surface area contributed by atoms with Gasteiger partial charge in [-0.05, 0) is 64.1 Å². The minimum absolute atomic E-state index is 0.00953. The second kappa shape index (κ2) is 9.66. The molecular weight excluding hydrogens is 428 g/mol. The van der Waals surface area contributed by atoms with Crippen LogP contribution in [0, 0.1) is 5.92 Å². The summed E-state index contributed by atoms with van der Waals surface area (Å²) in [7, 11) is 4.42. The maximum absolute atomic E-state index is 11.5. The summed E-state index contributed by atoms with van der Waals surface area (Å²) in [6.45, 7) is 2.90. The smallest absolute Gasteiger partial charge is 0.166 e. The van der Waals surface area contributed by atoms with Crippen LogP contribution in [0.5, 0.6) is 0 Å². The van der Waals surface area contributed by atoms with Crippen LogP contribution in [0.25, 0.3) is 0 Å². The third-order valence-electron chi connectivity index (χ3n) is 8.85. The summed E-state index contributed by atoms with van der Waals surface area (Å²) in [6.07, 6.45) is 9.47. The van der Waals surface area contributed by atoms with E-state index in [2.05, 4.69) is 69.4 Å². The van der Waals surface area contributed by atoms with Crippen molar-refractivity contribution in [2.24, 2.45) is 5.92 Å². The fourth-order valence-corrected chi connectivity index (χ4v) is 6.52. The van der Waals surface area contributed by atoms with Crippen LogP contribution in [-0.4, -0.2) is 85.6 Å². The highest BCUT2D eigenvalue weighted by Gasteiger charge is 2.55. The van der Waals surface area contributed by atoms with Crippen molar-refractivity contribution in [2.75, 3.05) is 33.8 Å². The Bertz CT molecular complexity index is 936. The lowest BCUT2D eigenvalue weighted by Crippen LogP contribution is -2.57. The fraction of sp³-hybridized carbons (Fsp3) is 0.692. The first kappa shape index (κ1) is 23.9. The van der Waals surface area contributed by atoms with Crippen LogP contribution in [0.15, 0.2) is 36.5 Å². The van der Waals surface area contributed by atoms with E-state index in [-0.39, 0.29) is 17.7 Å². The Labute approximate surface area is 203 Å². The predicted molar refractivity (Wildman–Crippen MR) is 131 cm³/mol. The van der Waals surface area contributed by atoms with Crippen molar-refractivity contribution in [3.8, 4) is 0 Å². The van der Waals surface area contributed by atoms with Crippen LogP contribution >= 0.6 is 0 Å². The normalized spacial score (nSPS) is 30.9. The second-order valence-corrected chi connectivity index (χ2v) is 10.9. The highest BCUT2D eigenvalue weighted by atomic mass is 16.3. The van der Waals surface area contributed by atoms with Crippen molar-refractivity contribution in [2.45, 2.75) is 75.5 Å². The molecule has 2 N–H and O–H groups in total. The van der Waals surface area contributed by atoms with Crippen LogP contribution in [0.1, 0.15) is 56.2 Å². The largest absolute Gasteiger partial charge is 0.394 e. The Hall–Kier alpha value is -1.84. The summed E-state index contributed by atoms with van der Waals surface area (Å²) >= 11 is 0. The van der Waals surface area contributed by atoms with Gasteiger partial charge >= 0.3 is 0 Å². The van der Waals surface area contributed by atoms with E-state index in [1.807, 2.05) is 6.20 Å². The van der Waals surface area contributed by atoms with Gasteiger partial charge in [0.2, 0.25) is 0 Å². The molecule has 1 aromatic heterocycles. The van der Waals surface area contributed by atoms with E-state index in [4.69, 9.17) is 0 Å². The number of benzene rings is 1. The van der Waals surface area contributed by atoms with Gasteiger partial charge in [0, 0.05) is 36.9 Å². The molecule has 3 fully saturated rings. The summed E-state index contributed by atoms with van der Waals surface area (Å²) < 4.78 is 1.67. The molecule has 3 aliphatic rings. The molecule has 2 aliphatic carbocycles. The molecule has 1 spiro atoms. The average molecular weight is 469 g/mol. The van der Waals surface area contributed by atoms with Crippen LogP contribution in [0.2, 0.25) is 0 Å². The molecule has 2 saturated carbocycles. The first-order valence-corrected chi connectivity index (χ1v) is 12.9. The molecule has 186 valence electrons. The van der Waals surface area contributed by atoms with Crippen LogP contribution in [0.3, 0.4) is 0 Å². The highest BCUT2D eigenvalue weighted by Crippen LogP contribution is 2.50. The molecule has 0 bridgehead atoms. The summed E-state index contributed by atoms with van der Waals surface area (Å²) in [5, 5.41) is 29.1. The average Bonchev–Trinajstić information content (AvgIpc) is 3.35. The number of rotatable bonds is 8. The number of hydrogen-bond donors (Lipinski definition) is 2. The van der Waals surface area contributed by atoms with Crippen LogP contribution in [-0.2, 0) is 18.6 Å². The Morgan fingerprint density at radius 3 is 2.44 bits per heavy atom. The standard InChI is InChI=1S/C26H40N6O2/c1-29(2)26(22-9-4-3-5-10-22)13-11-25(12-14-26)20-30(18-23-19-31(15-16-33)28-27-23)24(34)32(25)17-21-7-6-8-21/h3-5,9-10,19,21,24,33-34H,6-8,11-18,20H2,1-2H3/t24?,25-,26+. The summed E-state index contributed by atoms with van der Waals surface area (Å²) in [4.78, 5) is 7.02. The fourth-order valence-electron chi connectivity index (χ4n) is 6.52. The number of hydrogen-bond acceptors (Lipinski definition) is 7. The Morgan fingerprint density at radius 1 is 1.09 bits per heavy atom. The first-order valence-electron chi connectivity index (χ1n) is 12.9. The molecule has 8 heteroatoms. The van der Waals surface area contributed by atoms with Gasteiger partial charge in [0.25, 0.3) is 0 Å². The number of aliphatic hydroxyl groups excluding tert-OH is 2. The monoisotopic (exact) mass is 468 g/mol. The van der Waals surface area contributed by atoms with E-state index >= 15 is 0 Å². The second-order valence-electron chi connectivity index (χ2n) is 10.9. The molecule has 1 unspecified atom stereocenters. The lowest BCUT2D eigenvalue weighted by atomic mass is 9.68. The molecular formula is C26H40N6O2. The minimum atomic E-state index is -0.591. The molecule has 34 heavy (non-hydrogen) atoms. The maximum atomic E-state index is 11.5. The van der Waals surface area contributed by atoms with Gasteiger partial charge in [-0.15, -0.1) is 5.10 Å². The van der Waals surface area contributed by atoms with Gasteiger partial charge < -0.3 is 10.2 Å². The van der Waals surface area contributed by atoms with E-state index in [0.29, 0.717) is 19.0 Å². The first-order chi connectivity index (χ1) is 16.5. The highest BCUT2D eigenvalue weighted by molar-refractivity contribution is 5.26. The molecule has 1 saturated heterocycles. The molecule has 1 aromatic carbocycles. The molecule has 1 atom stereocenters. The van der Waals surface area contributed by atoms with Crippen molar-refractivity contribution in [1.29, 1.82) is 0 Å². The molecule has 1 aliphatic heterocycles. The lowest BCUT2D eigenvalue weighted by molar-refractivity contribution is -0.104. The van der Waals surface area contributed by atoms with Crippen LogP contribution < -0.4 is 0 Å². The van der Waals surface area contributed by atoms with Gasteiger partial charge in [-0.25, -0.2) is 4.68 Å². The van der Waals surface area contributed by atoms with Gasteiger partial charge in [-0.1, -0.05) is 42.0 Å². The summed E-state index contributed by atoms with van der Waals surface area (Å²) in [5.74, 6) is 0.701. The molecule has 2 aromatic rings. The van der Waals surface area contributed by atoms with E-state index < -0.39 is 6.35 Å². The quantitative estimate of drug-likeness (QED) is 0.615. The number of aromatic nitrogens is 3. The maximum Gasteiger partial charge on any atom is 0.166 e. The molecule has 2 heterocycles. The molecule has 0 amide bonds. The van der Waals surface area contributed by atoms with Crippen LogP contribution in [0.4, 0.5) is 0 Å². The Morgan fingerprint density at radius 2 is 1.82 bits per heavy atom. The zero-order valence-corrected chi connectivity index (χ0v) is 20.7.